The number of sulfone groups is 1. The van der Waals surface area contributed by atoms with Crippen LogP contribution in [0.3, 0.4) is 0 Å². The lowest BCUT2D eigenvalue weighted by molar-refractivity contribution is 0.300. The normalized spacial score (nSPS) is 30.1. The maximum atomic E-state index is 11.5. The van der Waals surface area contributed by atoms with Crippen LogP contribution >= 0.6 is 0 Å². The van der Waals surface area contributed by atoms with Crippen LogP contribution in [-0.4, -0.2) is 26.5 Å². The van der Waals surface area contributed by atoms with E-state index in [0.29, 0.717) is 18.4 Å². The first-order chi connectivity index (χ1) is 6.93. The number of hydrogen-bond acceptors (Lipinski definition) is 3. The van der Waals surface area contributed by atoms with Gasteiger partial charge in [0.05, 0.1) is 5.25 Å². The first-order valence-electron chi connectivity index (χ1n) is 5.82. The lowest BCUT2D eigenvalue weighted by Crippen LogP contribution is -2.29. The van der Waals surface area contributed by atoms with E-state index < -0.39 is 9.84 Å². The van der Waals surface area contributed by atoms with Crippen molar-refractivity contribution in [3.8, 4) is 0 Å². The maximum Gasteiger partial charge on any atom is 0.150 e. The predicted octanol–water partition coefficient (Wildman–Crippen LogP) is 1.57. The Hall–Kier alpha value is -0.0900. The molecule has 0 radical (unpaired) electrons. The van der Waals surface area contributed by atoms with Crippen molar-refractivity contribution < 1.29 is 8.42 Å². The van der Waals surface area contributed by atoms with Gasteiger partial charge >= 0.3 is 0 Å². The first kappa shape index (κ1) is 13.0. The van der Waals surface area contributed by atoms with Crippen molar-refractivity contribution in [1.82, 2.24) is 0 Å². The molecule has 3 unspecified atom stereocenters. The second-order valence-corrected chi connectivity index (χ2v) is 7.39. The molecular formula is C11H23NO2S. The first-order valence-corrected chi connectivity index (χ1v) is 7.78. The van der Waals surface area contributed by atoms with Crippen LogP contribution in [0.5, 0.6) is 0 Å². The third kappa shape index (κ3) is 4.11. The molecule has 1 rings (SSSR count). The average Bonchev–Trinajstić information content (AvgIpc) is 2.17. The summed E-state index contributed by atoms with van der Waals surface area (Å²) in [5.41, 5.74) is 5.59. The highest BCUT2D eigenvalue weighted by molar-refractivity contribution is 7.91. The van der Waals surface area contributed by atoms with Gasteiger partial charge in [-0.05, 0) is 37.6 Å². The van der Waals surface area contributed by atoms with Crippen LogP contribution in [0.2, 0.25) is 0 Å². The van der Waals surface area contributed by atoms with E-state index in [9.17, 15) is 8.42 Å². The molecule has 0 aromatic heterocycles. The van der Waals surface area contributed by atoms with E-state index in [4.69, 9.17) is 5.73 Å². The molecule has 0 aromatic carbocycles. The van der Waals surface area contributed by atoms with Gasteiger partial charge < -0.3 is 5.73 Å². The van der Waals surface area contributed by atoms with Gasteiger partial charge in [0.25, 0.3) is 0 Å². The van der Waals surface area contributed by atoms with Crippen LogP contribution in [0.15, 0.2) is 0 Å². The van der Waals surface area contributed by atoms with E-state index in [1.165, 1.54) is 12.7 Å². The fourth-order valence-electron chi connectivity index (χ4n) is 2.51. The lowest BCUT2D eigenvalue weighted by atomic mass is 9.83. The van der Waals surface area contributed by atoms with Gasteiger partial charge in [-0.3, -0.25) is 0 Å². The Morgan fingerprint density at radius 1 is 1.40 bits per heavy atom. The molecule has 3 nitrogen and oxygen atoms in total. The molecule has 0 heterocycles. The molecule has 90 valence electrons. The van der Waals surface area contributed by atoms with E-state index >= 15 is 0 Å². The quantitative estimate of drug-likeness (QED) is 0.802. The summed E-state index contributed by atoms with van der Waals surface area (Å²) < 4.78 is 22.9. The van der Waals surface area contributed by atoms with Gasteiger partial charge in [-0.25, -0.2) is 8.42 Å². The van der Waals surface area contributed by atoms with Crippen LogP contribution in [0.1, 0.15) is 39.0 Å². The van der Waals surface area contributed by atoms with E-state index in [-0.39, 0.29) is 5.25 Å². The van der Waals surface area contributed by atoms with Gasteiger partial charge in [-0.1, -0.05) is 19.8 Å². The second kappa shape index (κ2) is 5.30. The molecule has 1 fully saturated rings. The van der Waals surface area contributed by atoms with Crippen molar-refractivity contribution in [3.05, 3.63) is 0 Å². The molecule has 2 N–H and O–H groups in total. The average molecular weight is 233 g/mol. The summed E-state index contributed by atoms with van der Waals surface area (Å²) in [5.74, 6) is 1.09. The van der Waals surface area contributed by atoms with Gasteiger partial charge in [0.15, 0.2) is 0 Å². The van der Waals surface area contributed by atoms with Crippen molar-refractivity contribution >= 4 is 9.84 Å². The molecule has 0 saturated heterocycles. The van der Waals surface area contributed by atoms with E-state index in [2.05, 4.69) is 6.92 Å². The van der Waals surface area contributed by atoms with Crippen molar-refractivity contribution in [2.75, 3.05) is 12.8 Å². The Kier molecular flexibility index (Phi) is 4.59. The van der Waals surface area contributed by atoms with Crippen molar-refractivity contribution in [2.24, 2.45) is 17.6 Å². The monoisotopic (exact) mass is 233 g/mol. The largest absolute Gasteiger partial charge is 0.330 e. The minimum atomic E-state index is -2.83. The van der Waals surface area contributed by atoms with Crippen molar-refractivity contribution in [3.63, 3.8) is 0 Å². The van der Waals surface area contributed by atoms with Gasteiger partial charge in [0.2, 0.25) is 0 Å². The molecule has 0 bridgehead atoms. The van der Waals surface area contributed by atoms with Gasteiger partial charge in [-0.15, -0.1) is 0 Å². The van der Waals surface area contributed by atoms with Gasteiger partial charge in [0, 0.05) is 6.26 Å². The highest BCUT2D eigenvalue weighted by Crippen LogP contribution is 2.32. The third-order valence-corrected chi connectivity index (χ3v) is 5.12. The van der Waals surface area contributed by atoms with Crippen LogP contribution in [0.25, 0.3) is 0 Å². The zero-order valence-corrected chi connectivity index (χ0v) is 10.6. The zero-order chi connectivity index (χ0) is 11.5. The smallest absolute Gasteiger partial charge is 0.150 e. The Bertz CT molecular complexity index is 287. The highest BCUT2D eigenvalue weighted by atomic mass is 32.2. The Labute approximate surface area is 93.3 Å². The van der Waals surface area contributed by atoms with E-state index in [0.717, 1.165) is 25.7 Å². The fraction of sp³-hybridized carbons (Fsp3) is 1.00. The summed E-state index contributed by atoms with van der Waals surface area (Å²) in [7, 11) is -2.83. The summed E-state index contributed by atoms with van der Waals surface area (Å²) in [5, 5.41) is -0.0961. The summed E-state index contributed by atoms with van der Waals surface area (Å²) in [6.45, 7) is 2.85. The molecule has 4 heteroatoms. The highest BCUT2D eigenvalue weighted by Gasteiger charge is 2.29. The third-order valence-electron chi connectivity index (χ3n) is 3.48. The van der Waals surface area contributed by atoms with Crippen LogP contribution in [-0.2, 0) is 9.84 Å². The molecule has 1 aliphatic rings. The minimum absolute atomic E-state index is 0.0961. The van der Waals surface area contributed by atoms with Gasteiger partial charge in [0.1, 0.15) is 9.84 Å². The topological polar surface area (TPSA) is 60.2 Å². The predicted molar refractivity (Wildman–Crippen MR) is 63.4 cm³/mol. The van der Waals surface area contributed by atoms with Crippen molar-refractivity contribution in [2.45, 2.75) is 44.3 Å². The SMILES string of the molecule is CC(CN)CC1CCCC(S(C)(=O)=O)C1. The summed E-state index contributed by atoms with van der Waals surface area (Å²) in [6, 6.07) is 0. The van der Waals surface area contributed by atoms with Crippen LogP contribution < -0.4 is 5.73 Å². The Morgan fingerprint density at radius 3 is 2.60 bits per heavy atom. The van der Waals surface area contributed by atoms with E-state index in [1.54, 1.807) is 0 Å². The second-order valence-electron chi connectivity index (χ2n) is 5.06. The Morgan fingerprint density at radius 2 is 2.07 bits per heavy atom. The maximum absolute atomic E-state index is 11.5. The Balaban J connectivity index is 2.49. The molecular weight excluding hydrogens is 210 g/mol. The molecule has 0 spiro atoms. The fourth-order valence-corrected chi connectivity index (χ4v) is 3.73. The molecule has 0 aromatic rings. The standard InChI is InChI=1S/C11H23NO2S/c1-9(8-12)6-10-4-3-5-11(7-10)15(2,13)14/h9-11H,3-8,12H2,1-2H3. The zero-order valence-electron chi connectivity index (χ0n) is 9.78. The van der Waals surface area contributed by atoms with E-state index in [1.807, 2.05) is 0 Å². The molecule has 1 aliphatic carbocycles. The van der Waals surface area contributed by atoms with Crippen LogP contribution in [0, 0.1) is 11.8 Å². The molecule has 1 saturated carbocycles. The minimum Gasteiger partial charge on any atom is -0.330 e. The number of nitrogens with two attached hydrogens (primary N) is 1. The molecule has 0 aliphatic heterocycles. The molecule has 0 amide bonds. The summed E-state index contributed by atoms with van der Waals surface area (Å²) in [4.78, 5) is 0. The van der Waals surface area contributed by atoms with Gasteiger partial charge in [-0.2, -0.15) is 0 Å². The molecule has 15 heavy (non-hydrogen) atoms. The van der Waals surface area contributed by atoms with Crippen molar-refractivity contribution in [1.29, 1.82) is 0 Å². The number of hydrogen-bond donors (Lipinski definition) is 1. The summed E-state index contributed by atoms with van der Waals surface area (Å²) >= 11 is 0. The molecule has 3 atom stereocenters. The van der Waals surface area contributed by atoms with Crippen LogP contribution in [0.4, 0.5) is 0 Å². The number of rotatable bonds is 4. The summed E-state index contributed by atoms with van der Waals surface area (Å²) in [6.07, 6.45) is 6.39. The lowest BCUT2D eigenvalue weighted by Gasteiger charge is -2.29.